The van der Waals surface area contributed by atoms with Crippen molar-refractivity contribution in [1.29, 1.82) is 0 Å². The summed E-state index contributed by atoms with van der Waals surface area (Å²) in [6, 6.07) is -0.322. The summed E-state index contributed by atoms with van der Waals surface area (Å²) in [5, 5.41) is 2.97. The highest BCUT2D eigenvalue weighted by molar-refractivity contribution is 5.97. The normalized spacial score (nSPS) is 30.0. The molecule has 0 radical (unpaired) electrons. The first-order valence-corrected chi connectivity index (χ1v) is 8.72. The fourth-order valence-corrected chi connectivity index (χ4v) is 3.73. The molecule has 21 heavy (non-hydrogen) atoms. The van der Waals surface area contributed by atoms with E-state index in [1.54, 1.807) is 0 Å². The van der Waals surface area contributed by atoms with Crippen molar-refractivity contribution >= 4 is 11.8 Å². The minimum atomic E-state index is -0.325. The maximum Gasteiger partial charge on any atom is 0.246 e. The molecule has 1 N–H and O–H groups in total. The highest BCUT2D eigenvalue weighted by atomic mass is 16.2. The van der Waals surface area contributed by atoms with Gasteiger partial charge in [-0.2, -0.15) is 0 Å². The van der Waals surface area contributed by atoms with Crippen LogP contribution < -0.4 is 5.32 Å². The Labute approximate surface area is 128 Å². The largest absolute Gasteiger partial charge is 0.342 e. The number of piperazine rings is 1. The van der Waals surface area contributed by atoms with E-state index in [4.69, 9.17) is 0 Å². The molecule has 2 fully saturated rings. The summed E-state index contributed by atoms with van der Waals surface area (Å²) in [7, 11) is 0. The SMILES string of the molecule is CCC(C)C1NC(=O)C(CC)N(C2CCCCCC2)C1=O. The molecule has 1 heterocycles. The Balaban J connectivity index is 2.23. The van der Waals surface area contributed by atoms with Gasteiger partial charge in [-0.3, -0.25) is 9.59 Å². The van der Waals surface area contributed by atoms with Gasteiger partial charge in [0.2, 0.25) is 11.8 Å². The van der Waals surface area contributed by atoms with Crippen LogP contribution >= 0.6 is 0 Å². The molecule has 0 spiro atoms. The molecule has 4 heteroatoms. The summed E-state index contributed by atoms with van der Waals surface area (Å²) >= 11 is 0. The molecule has 0 aromatic heterocycles. The number of carbonyl (C=O) groups excluding carboxylic acids is 2. The minimum Gasteiger partial charge on any atom is -0.342 e. The molecule has 1 aliphatic heterocycles. The van der Waals surface area contributed by atoms with Gasteiger partial charge in [-0.05, 0) is 25.2 Å². The van der Waals surface area contributed by atoms with E-state index in [0.717, 1.165) is 19.3 Å². The van der Waals surface area contributed by atoms with Gasteiger partial charge in [-0.1, -0.05) is 52.9 Å². The van der Waals surface area contributed by atoms with Gasteiger partial charge in [0.15, 0.2) is 0 Å². The zero-order chi connectivity index (χ0) is 15.4. The van der Waals surface area contributed by atoms with Gasteiger partial charge in [-0.25, -0.2) is 0 Å². The molecule has 4 nitrogen and oxygen atoms in total. The van der Waals surface area contributed by atoms with Crippen LogP contribution in [0, 0.1) is 5.92 Å². The monoisotopic (exact) mass is 294 g/mol. The van der Waals surface area contributed by atoms with Crippen LogP contribution in [0.4, 0.5) is 0 Å². The lowest BCUT2D eigenvalue weighted by atomic mass is 9.91. The zero-order valence-electron chi connectivity index (χ0n) is 13.7. The molecule has 2 rings (SSSR count). The molecule has 3 atom stereocenters. The standard InChI is InChI=1S/C17H30N2O2/c1-4-12(3)15-17(21)19(14(5-2)16(20)18-15)13-10-8-6-7-9-11-13/h12-15H,4-11H2,1-3H3,(H,18,20). The molecule has 0 bridgehead atoms. The van der Waals surface area contributed by atoms with Crippen molar-refractivity contribution < 1.29 is 9.59 Å². The second kappa shape index (κ2) is 7.28. The third-order valence-corrected chi connectivity index (χ3v) is 5.27. The van der Waals surface area contributed by atoms with E-state index < -0.39 is 0 Å². The highest BCUT2D eigenvalue weighted by Gasteiger charge is 2.44. The molecule has 2 aliphatic rings. The van der Waals surface area contributed by atoms with Crippen molar-refractivity contribution in [3.63, 3.8) is 0 Å². The summed E-state index contributed by atoms with van der Waals surface area (Å²) < 4.78 is 0. The molecule has 1 saturated carbocycles. The van der Waals surface area contributed by atoms with Crippen LogP contribution in [0.5, 0.6) is 0 Å². The molecule has 1 aliphatic carbocycles. The first-order chi connectivity index (χ1) is 10.1. The Bertz CT molecular complexity index is 375. The van der Waals surface area contributed by atoms with Crippen molar-refractivity contribution in [1.82, 2.24) is 10.2 Å². The second-order valence-electron chi connectivity index (χ2n) is 6.69. The fourth-order valence-electron chi connectivity index (χ4n) is 3.73. The van der Waals surface area contributed by atoms with E-state index in [1.807, 2.05) is 11.8 Å². The van der Waals surface area contributed by atoms with Gasteiger partial charge in [0, 0.05) is 6.04 Å². The lowest BCUT2D eigenvalue weighted by molar-refractivity contribution is -0.154. The topological polar surface area (TPSA) is 49.4 Å². The molecular formula is C17H30N2O2. The Morgan fingerprint density at radius 1 is 1.14 bits per heavy atom. The molecule has 120 valence electrons. The van der Waals surface area contributed by atoms with E-state index in [0.29, 0.717) is 6.42 Å². The number of nitrogens with one attached hydrogen (secondary N) is 1. The summed E-state index contributed by atoms with van der Waals surface area (Å²) in [6.07, 6.45) is 8.62. The average Bonchev–Trinajstić information content (AvgIpc) is 2.76. The number of hydrogen-bond acceptors (Lipinski definition) is 2. The lowest BCUT2D eigenvalue weighted by Crippen LogP contribution is -2.66. The molecule has 0 aromatic carbocycles. The summed E-state index contributed by atoms with van der Waals surface area (Å²) in [5.74, 6) is 0.405. The van der Waals surface area contributed by atoms with Crippen LogP contribution in [0.25, 0.3) is 0 Å². The third kappa shape index (κ3) is 3.41. The van der Waals surface area contributed by atoms with Gasteiger partial charge >= 0.3 is 0 Å². The van der Waals surface area contributed by atoms with Gasteiger partial charge in [0.1, 0.15) is 12.1 Å². The van der Waals surface area contributed by atoms with Crippen molar-refractivity contribution in [2.45, 2.75) is 90.3 Å². The highest BCUT2D eigenvalue weighted by Crippen LogP contribution is 2.28. The van der Waals surface area contributed by atoms with Crippen molar-refractivity contribution in [3.05, 3.63) is 0 Å². The van der Waals surface area contributed by atoms with E-state index in [2.05, 4.69) is 19.2 Å². The molecule has 0 aromatic rings. The van der Waals surface area contributed by atoms with E-state index in [1.165, 1.54) is 25.7 Å². The minimum absolute atomic E-state index is 0.0478. The van der Waals surface area contributed by atoms with Crippen LogP contribution in [0.1, 0.15) is 72.1 Å². The first kappa shape index (κ1) is 16.3. The number of carbonyl (C=O) groups is 2. The summed E-state index contributed by atoms with van der Waals surface area (Å²) in [5.41, 5.74) is 0. The Hall–Kier alpha value is -1.06. The Morgan fingerprint density at radius 3 is 2.29 bits per heavy atom. The van der Waals surface area contributed by atoms with E-state index in [9.17, 15) is 9.59 Å². The van der Waals surface area contributed by atoms with Crippen LogP contribution in [-0.4, -0.2) is 34.8 Å². The van der Waals surface area contributed by atoms with Gasteiger partial charge < -0.3 is 10.2 Å². The van der Waals surface area contributed by atoms with Crippen LogP contribution in [0.3, 0.4) is 0 Å². The van der Waals surface area contributed by atoms with Gasteiger partial charge in [0.05, 0.1) is 0 Å². The van der Waals surface area contributed by atoms with Crippen LogP contribution in [0.2, 0.25) is 0 Å². The molecule has 3 unspecified atom stereocenters. The maximum absolute atomic E-state index is 13.0. The predicted octanol–water partition coefficient (Wildman–Crippen LogP) is 2.86. The van der Waals surface area contributed by atoms with Crippen molar-refractivity contribution in [2.24, 2.45) is 5.92 Å². The summed E-state index contributed by atoms with van der Waals surface area (Å²) in [4.78, 5) is 27.4. The summed E-state index contributed by atoms with van der Waals surface area (Å²) in [6.45, 7) is 6.14. The number of nitrogens with zero attached hydrogens (tertiary/aromatic N) is 1. The smallest absolute Gasteiger partial charge is 0.246 e. The second-order valence-corrected chi connectivity index (χ2v) is 6.69. The van der Waals surface area contributed by atoms with Crippen LogP contribution in [0.15, 0.2) is 0 Å². The lowest BCUT2D eigenvalue weighted by Gasteiger charge is -2.44. The first-order valence-electron chi connectivity index (χ1n) is 8.72. The third-order valence-electron chi connectivity index (χ3n) is 5.27. The molecular weight excluding hydrogens is 264 g/mol. The fraction of sp³-hybridized carbons (Fsp3) is 0.882. The number of hydrogen-bond donors (Lipinski definition) is 1. The maximum atomic E-state index is 13.0. The van der Waals surface area contributed by atoms with Gasteiger partial charge in [0.25, 0.3) is 0 Å². The van der Waals surface area contributed by atoms with Gasteiger partial charge in [-0.15, -0.1) is 0 Å². The van der Waals surface area contributed by atoms with E-state index >= 15 is 0 Å². The van der Waals surface area contributed by atoms with Crippen molar-refractivity contribution in [2.75, 3.05) is 0 Å². The zero-order valence-corrected chi connectivity index (χ0v) is 13.7. The molecule has 2 amide bonds. The Kier molecular flexibility index (Phi) is 5.65. The Morgan fingerprint density at radius 2 is 1.76 bits per heavy atom. The quantitative estimate of drug-likeness (QED) is 0.811. The average molecular weight is 294 g/mol. The van der Waals surface area contributed by atoms with Crippen LogP contribution in [-0.2, 0) is 9.59 Å². The van der Waals surface area contributed by atoms with Crippen molar-refractivity contribution in [3.8, 4) is 0 Å². The predicted molar refractivity (Wildman–Crippen MR) is 83.8 cm³/mol. The number of amides is 2. The number of rotatable bonds is 4. The molecule has 1 saturated heterocycles. The van der Waals surface area contributed by atoms with E-state index in [-0.39, 0.29) is 35.9 Å².